The van der Waals surface area contributed by atoms with E-state index in [1.807, 2.05) is 6.07 Å². The molecule has 0 amide bonds. The van der Waals surface area contributed by atoms with Crippen LogP contribution in [0.4, 0.5) is 4.39 Å². The third-order valence-corrected chi connectivity index (χ3v) is 3.00. The van der Waals surface area contributed by atoms with Crippen molar-refractivity contribution in [1.82, 2.24) is 0 Å². The lowest BCUT2D eigenvalue weighted by molar-refractivity contribution is 0.300. The molecule has 2 nitrogen and oxygen atoms in total. The Labute approximate surface area is 119 Å². The second kappa shape index (κ2) is 5.92. The SMILES string of the molecule is N#Cc1ccc(F)c(COc2cc(Cl)ccc2Cl)c1. The zero-order valence-corrected chi connectivity index (χ0v) is 11.2. The molecule has 0 saturated carbocycles. The molecule has 5 heteroatoms. The Bertz CT molecular complexity index is 652. The summed E-state index contributed by atoms with van der Waals surface area (Å²) >= 11 is 11.8. The predicted octanol–water partition coefficient (Wildman–Crippen LogP) is 4.58. The van der Waals surface area contributed by atoms with Crippen molar-refractivity contribution in [2.75, 3.05) is 0 Å². The Kier molecular flexibility index (Phi) is 4.26. The van der Waals surface area contributed by atoms with E-state index in [9.17, 15) is 4.39 Å². The molecule has 0 unspecified atom stereocenters. The minimum atomic E-state index is -0.433. The van der Waals surface area contributed by atoms with Gasteiger partial charge >= 0.3 is 0 Å². The third-order valence-electron chi connectivity index (χ3n) is 2.45. The number of ether oxygens (including phenoxy) is 1. The van der Waals surface area contributed by atoms with Gasteiger partial charge in [-0.1, -0.05) is 23.2 Å². The summed E-state index contributed by atoms with van der Waals surface area (Å²) in [6.07, 6.45) is 0. The molecule has 2 rings (SSSR count). The van der Waals surface area contributed by atoms with E-state index in [1.165, 1.54) is 18.2 Å². The van der Waals surface area contributed by atoms with Gasteiger partial charge in [0, 0.05) is 16.7 Å². The topological polar surface area (TPSA) is 33.0 Å². The summed E-state index contributed by atoms with van der Waals surface area (Å²) in [5.74, 6) is -0.0620. The van der Waals surface area contributed by atoms with Gasteiger partial charge < -0.3 is 4.74 Å². The lowest BCUT2D eigenvalue weighted by Gasteiger charge is -2.09. The van der Waals surface area contributed by atoms with Crippen molar-refractivity contribution >= 4 is 23.2 Å². The Hall–Kier alpha value is -1.76. The lowest BCUT2D eigenvalue weighted by atomic mass is 10.1. The molecule has 0 saturated heterocycles. The van der Waals surface area contributed by atoms with Crippen LogP contribution in [0.5, 0.6) is 5.75 Å². The van der Waals surface area contributed by atoms with Gasteiger partial charge in [-0.05, 0) is 30.3 Å². The fraction of sp³-hybridized carbons (Fsp3) is 0.0714. The zero-order chi connectivity index (χ0) is 13.8. The molecule has 0 radical (unpaired) electrons. The number of nitriles is 1. The number of nitrogens with zero attached hydrogens (tertiary/aromatic N) is 1. The van der Waals surface area contributed by atoms with Gasteiger partial charge in [0.15, 0.2) is 0 Å². The lowest BCUT2D eigenvalue weighted by Crippen LogP contribution is -1.99. The molecule has 0 aromatic heterocycles. The van der Waals surface area contributed by atoms with Crippen LogP contribution in [-0.4, -0.2) is 0 Å². The van der Waals surface area contributed by atoms with Gasteiger partial charge in [-0.3, -0.25) is 0 Å². The standard InChI is InChI=1S/C14H8Cl2FNO/c15-11-2-3-12(16)14(6-11)19-8-10-5-9(7-18)1-4-13(10)17/h1-6H,8H2. The van der Waals surface area contributed by atoms with Crippen molar-refractivity contribution in [2.24, 2.45) is 0 Å². The Balaban J connectivity index is 2.19. The first-order valence-corrected chi connectivity index (χ1v) is 6.12. The normalized spacial score (nSPS) is 10.0. The van der Waals surface area contributed by atoms with Crippen molar-refractivity contribution in [1.29, 1.82) is 5.26 Å². The summed E-state index contributed by atoms with van der Waals surface area (Å²) in [4.78, 5) is 0. The van der Waals surface area contributed by atoms with Crippen LogP contribution < -0.4 is 4.74 Å². The van der Waals surface area contributed by atoms with Crippen LogP contribution in [0.1, 0.15) is 11.1 Å². The molecule has 96 valence electrons. The van der Waals surface area contributed by atoms with Crippen LogP contribution in [0.15, 0.2) is 36.4 Å². The molecule has 2 aromatic rings. The fourth-order valence-corrected chi connectivity index (χ4v) is 1.83. The van der Waals surface area contributed by atoms with Gasteiger partial charge in [-0.2, -0.15) is 5.26 Å². The number of benzene rings is 2. The van der Waals surface area contributed by atoms with Gasteiger partial charge in [-0.15, -0.1) is 0 Å². The Morgan fingerprint density at radius 2 is 1.95 bits per heavy atom. The van der Waals surface area contributed by atoms with Crippen LogP contribution in [0.25, 0.3) is 0 Å². The molecule has 0 N–H and O–H groups in total. The van der Waals surface area contributed by atoms with E-state index < -0.39 is 5.82 Å². The molecule has 0 fully saturated rings. The van der Waals surface area contributed by atoms with Gasteiger partial charge in [0.25, 0.3) is 0 Å². The van der Waals surface area contributed by atoms with Gasteiger partial charge in [0.2, 0.25) is 0 Å². The molecule has 0 bridgehead atoms. The second-order valence-electron chi connectivity index (χ2n) is 3.78. The second-order valence-corrected chi connectivity index (χ2v) is 4.63. The largest absolute Gasteiger partial charge is 0.487 e. The minimum absolute atomic E-state index is 0.0264. The highest BCUT2D eigenvalue weighted by Gasteiger charge is 2.07. The van der Waals surface area contributed by atoms with E-state index in [1.54, 1.807) is 18.2 Å². The molecule has 19 heavy (non-hydrogen) atoms. The van der Waals surface area contributed by atoms with Crippen molar-refractivity contribution in [3.05, 3.63) is 63.4 Å². The molecule has 0 heterocycles. The average Bonchev–Trinajstić information content (AvgIpc) is 2.41. The van der Waals surface area contributed by atoms with E-state index in [-0.39, 0.29) is 12.2 Å². The van der Waals surface area contributed by atoms with Crippen LogP contribution in [0.3, 0.4) is 0 Å². The Morgan fingerprint density at radius 1 is 1.16 bits per heavy atom. The van der Waals surface area contributed by atoms with Crippen LogP contribution in [-0.2, 0) is 6.61 Å². The highest BCUT2D eigenvalue weighted by atomic mass is 35.5. The molecule has 0 atom stereocenters. The van der Waals surface area contributed by atoms with E-state index in [2.05, 4.69) is 0 Å². The quantitative estimate of drug-likeness (QED) is 0.830. The third kappa shape index (κ3) is 3.37. The maximum Gasteiger partial charge on any atom is 0.139 e. The maximum absolute atomic E-state index is 13.5. The van der Waals surface area contributed by atoms with Crippen molar-refractivity contribution < 1.29 is 9.13 Å². The van der Waals surface area contributed by atoms with Gasteiger partial charge in [0.05, 0.1) is 16.7 Å². The molecule has 0 aliphatic rings. The van der Waals surface area contributed by atoms with E-state index in [4.69, 9.17) is 33.2 Å². The molecule has 0 spiro atoms. The number of hydrogen-bond acceptors (Lipinski definition) is 2. The molecule has 0 aliphatic carbocycles. The van der Waals surface area contributed by atoms with Crippen molar-refractivity contribution in [2.45, 2.75) is 6.61 Å². The molecule has 0 aliphatic heterocycles. The van der Waals surface area contributed by atoms with Crippen LogP contribution in [0, 0.1) is 17.1 Å². The number of rotatable bonds is 3. The maximum atomic E-state index is 13.5. The summed E-state index contributed by atoms with van der Waals surface area (Å²) in [7, 11) is 0. The van der Waals surface area contributed by atoms with E-state index >= 15 is 0 Å². The predicted molar refractivity (Wildman–Crippen MR) is 71.9 cm³/mol. The summed E-state index contributed by atoms with van der Waals surface area (Å²) in [5.41, 5.74) is 0.660. The average molecular weight is 296 g/mol. The van der Waals surface area contributed by atoms with Gasteiger partial charge in [0.1, 0.15) is 18.2 Å². The summed E-state index contributed by atoms with van der Waals surface area (Å²) in [6.45, 7) is -0.0264. The van der Waals surface area contributed by atoms with E-state index in [0.717, 1.165) is 0 Å². The smallest absolute Gasteiger partial charge is 0.139 e. The minimum Gasteiger partial charge on any atom is -0.487 e. The molecule has 2 aromatic carbocycles. The number of hydrogen-bond donors (Lipinski definition) is 0. The highest BCUT2D eigenvalue weighted by Crippen LogP contribution is 2.28. The van der Waals surface area contributed by atoms with Crippen molar-refractivity contribution in [3.63, 3.8) is 0 Å². The first-order chi connectivity index (χ1) is 9.10. The molecular weight excluding hydrogens is 288 g/mol. The molecular formula is C14H8Cl2FNO. The van der Waals surface area contributed by atoms with Crippen LogP contribution >= 0.6 is 23.2 Å². The van der Waals surface area contributed by atoms with E-state index in [0.29, 0.717) is 21.4 Å². The first kappa shape index (κ1) is 13.7. The summed E-state index contributed by atoms with van der Waals surface area (Å²) in [6, 6.07) is 10.8. The fourth-order valence-electron chi connectivity index (χ4n) is 1.50. The highest BCUT2D eigenvalue weighted by molar-refractivity contribution is 6.34. The summed E-state index contributed by atoms with van der Waals surface area (Å²) in [5, 5.41) is 9.63. The van der Waals surface area contributed by atoms with Gasteiger partial charge in [-0.25, -0.2) is 4.39 Å². The first-order valence-electron chi connectivity index (χ1n) is 5.36. The van der Waals surface area contributed by atoms with Crippen molar-refractivity contribution in [3.8, 4) is 11.8 Å². The summed E-state index contributed by atoms with van der Waals surface area (Å²) < 4.78 is 19.0. The number of halogens is 3. The monoisotopic (exact) mass is 295 g/mol. The van der Waals surface area contributed by atoms with Crippen LogP contribution in [0.2, 0.25) is 10.0 Å². The zero-order valence-electron chi connectivity index (χ0n) is 9.66. The Morgan fingerprint density at radius 3 is 2.68 bits per heavy atom.